The van der Waals surface area contributed by atoms with Crippen LogP contribution in [0.25, 0.3) is 0 Å². The van der Waals surface area contributed by atoms with Crippen LogP contribution < -0.4 is 5.32 Å². The van der Waals surface area contributed by atoms with Gasteiger partial charge in [-0.2, -0.15) is 0 Å². The van der Waals surface area contributed by atoms with Crippen molar-refractivity contribution in [1.82, 2.24) is 15.1 Å². The van der Waals surface area contributed by atoms with Crippen molar-refractivity contribution in [2.75, 3.05) is 32.7 Å². The Morgan fingerprint density at radius 1 is 1.00 bits per heavy atom. The topological polar surface area (TPSA) is 35.6 Å². The highest BCUT2D eigenvalue weighted by atomic mass is 16.2. The lowest BCUT2D eigenvalue weighted by molar-refractivity contribution is -0.132. The molecule has 110 valence electrons. The van der Waals surface area contributed by atoms with Gasteiger partial charge in [-0.05, 0) is 52.6 Å². The fourth-order valence-corrected chi connectivity index (χ4v) is 3.29. The Labute approximate surface area is 117 Å². The molecule has 0 aromatic heterocycles. The highest BCUT2D eigenvalue weighted by Gasteiger charge is 2.24. The minimum Gasteiger partial charge on any atom is -0.341 e. The van der Waals surface area contributed by atoms with Crippen LogP contribution in [0.1, 0.15) is 46.0 Å². The number of hydrogen-bond acceptors (Lipinski definition) is 3. The molecule has 1 N–H and O–H groups in total. The minimum atomic E-state index is -0.0436. The van der Waals surface area contributed by atoms with E-state index >= 15 is 0 Å². The second kappa shape index (κ2) is 7.25. The summed E-state index contributed by atoms with van der Waals surface area (Å²) in [6, 6.07) is 0.345. The second-order valence-electron chi connectivity index (χ2n) is 6.18. The normalized spacial score (nSPS) is 24.4. The number of rotatable bonds is 5. The van der Waals surface area contributed by atoms with E-state index in [0.717, 1.165) is 19.6 Å². The van der Waals surface area contributed by atoms with Gasteiger partial charge >= 0.3 is 0 Å². The predicted octanol–water partition coefficient (Wildman–Crippen LogP) is 1.46. The molecule has 4 heteroatoms. The number of nitrogens with one attached hydrogen (secondary N) is 1. The van der Waals surface area contributed by atoms with Gasteiger partial charge in [-0.15, -0.1) is 0 Å². The molecule has 0 aliphatic carbocycles. The average Bonchev–Trinajstić information content (AvgIpc) is 2.92. The first kappa shape index (κ1) is 14.8. The van der Waals surface area contributed by atoms with Crippen LogP contribution in [0.3, 0.4) is 0 Å². The van der Waals surface area contributed by atoms with E-state index < -0.39 is 0 Å². The molecule has 2 atom stereocenters. The summed E-state index contributed by atoms with van der Waals surface area (Å²) in [5, 5.41) is 3.47. The number of nitrogens with zero attached hydrogens (tertiary/aromatic N) is 2. The zero-order valence-electron chi connectivity index (χ0n) is 12.5. The Kier molecular flexibility index (Phi) is 5.64. The molecule has 2 heterocycles. The van der Waals surface area contributed by atoms with Crippen LogP contribution in [0.5, 0.6) is 0 Å². The number of hydrogen-bond donors (Lipinski definition) is 1. The third-order valence-electron chi connectivity index (χ3n) is 4.30. The molecule has 1 amide bonds. The molecule has 0 saturated carbocycles. The summed E-state index contributed by atoms with van der Waals surface area (Å²) in [6.45, 7) is 9.62. The van der Waals surface area contributed by atoms with Crippen molar-refractivity contribution in [1.29, 1.82) is 0 Å². The lowest BCUT2D eigenvalue weighted by Gasteiger charge is -2.31. The van der Waals surface area contributed by atoms with E-state index in [1.54, 1.807) is 0 Å². The largest absolute Gasteiger partial charge is 0.341 e. The van der Waals surface area contributed by atoms with Crippen molar-refractivity contribution in [3.05, 3.63) is 0 Å². The van der Waals surface area contributed by atoms with Crippen molar-refractivity contribution in [2.24, 2.45) is 0 Å². The quantitative estimate of drug-likeness (QED) is 0.819. The molecule has 2 unspecified atom stereocenters. The Bertz CT molecular complexity index is 283. The number of amides is 1. The minimum absolute atomic E-state index is 0.0436. The van der Waals surface area contributed by atoms with Gasteiger partial charge in [0.25, 0.3) is 0 Å². The van der Waals surface area contributed by atoms with E-state index in [-0.39, 0.29) is 11.9 Å². The van der Waals surface area contributed by atoms with Crippen molar-refractivity contribution in [3.63, 3.8) is 0 Å². The second-order valence-corrected chi connectivity index (χ2v) is 6.18. The van der Waals surface area contributed by atoms with Gasteiger partial charge in [-0.1, -0.05) is 6.42 Å². The third-order valence-corrected chi connectivity index (χ3v) is 4.30. The summed E-state index contributed by atoms with van der Waals surface area (Å²) in [7, 11) is 0. The first-order valence-electron chi connectivity index (χ1n) is 7.94. The lowest BCUT2D eigenvalue weighted by Crippen LogP contribution is -2.50. The monoisotopic (exact) mass is 267 g/mol. The van der Waals surface area contributed by atoms with Crippen LogP contribution in [0.2, 0.25) is 0 Å². The van der Waals surface area contributed by atoms with Crippen LogP contribution in [0.4, 0.5) is 0 Å². The average molecular weight is 267 g/mol. The van der Waals surface area contributed by atoms with E-state index in [0.29, 0.717) is 6.04 Å². The molecule has 2 fully saturated rings. The van der Waals surface area contributed by atoms with Gasteiger partial charge < -0.3 is 15.1 Å². The smallest absolute Gasteiger partial charge is 0.239 e. The summed E-state index contributed by atoms with van der Waals surface area (Å²) in [5.41, 5.74) is 0. The standard InChI is InChI=1S/C15H29N3O/c1-13(12-17-8-4-3-5-9-17)16-14(2)15(19)18-10-6-7-11-18/h13-14,16H,3-12H2,1-2H3. The Balaban J connectivity index is 1.70. The molecule has 0 bridgehead atoms. The van der Waals surface area contributed by atoms with E-state index in [1.165, 1.54) is 45.2 Å². The van der Waals surface area contributed by atoms with Crippen LogP contribution in [-0.2, 0) is 4.79 Å². The molecule has 0 aromatic carbocycles. The molecule has 2 rings (SSSR count). The van der Waals surface area contributed by atoms with Gasteiger partial charge in [0.05, 0.1) is 6.04 Å². The summed E-state index contributed by atoms with van der Waals surface area (Å²) in [6.07, 6.45) is 6.37. The number of piperidine rings is 1. The molecular formula is C15H29N3O. The van der Waals surface area contributed by atoms with E-state index in [9.17, 15) is 4.79 Å². The number of carbonyl (C=O) groups is 1. The molecular weight excluding hydrogens is 238 g/mol. The fraction of sp³-hybridized carbons (Fsp3) is 0.933. The maximum absolute atomic E-state index is 12.2. The molecule has 0 spiro atoms. The van der Waals surface area contributed by atoms with E-state index in [1.807, 2.05) is 11.8 Å². The summed E-state index contributed by atoms with van der Waals surface area (Å²) in [5.74, 6) is 0.281. The van der Waals surface area contributed by atoms with Gasteiger partial charge in [0.15, 0.2) is 0 Å². The predicted molar refractivity (Wildman–Crippen MR) is 78.2 cm³/mol. The van der Waals surface area contributed by atoms with Crippen LogP contribution in [0, 0.1) is 0 Å². The highest BCUT2D eigenvalue weighted by Crippen LogP contribution is 2.11. The molecule has 2 aliphatic heterocycles. The van der Waals surface area contributed by atoms with Crippen LogP contribution >= 0.6 is 0 Å². The molecule has 19 heavy (non-hydrogen) atoms. The third kappa shape index (κ3) is 4.46. The van der Waals surface area contributed by atoms with Gasteiger partial charge in [-0.25, -0.2) is 0 Å². The summed E-state index contributed by atoms with van der Waals surface area (Å²) >= 11 is 0. The highest BCUT2D eigenvalue weighted by molar-refractivity contribution is 5.81. The van der Waals surface area contributed by atoms with Gasteiger partial charge in [0.2, 0.25) is 5.91 Å². The van der Waals surface area contributed by atoms with Crippen LogP contribution in [-0.4, -0.2) is 60.5 Å². The van der Waals surface area contributed by atoms with Gasteiger partial charge in [-0.3, -0.25) is 4.79 Å². The molecule has 4 nitrogen and oxygen atoms in total. The first-order valence-corrected chi connectivity index (χ1v) is 7.94. The zero-order valence-corrected chi connectivity index (χ0v) is 12.5. The lowest BCUT2D eigenvalue weighted by atomic mass is 10.1. The van der Waals surface area contributed by atoms with Gasteiger partial charge in [0, 0.05) is 25.7 Å². The molecule has 2 aliphatic rings. The van der Waals surface area contributed by atoms with E-state index in [2.05, 4.69) is 17.1 Å². The maximum Gasteiger partial charge on any atom is 0.239 e. The Morgan fingerprint density at radius 3 is 2.21 bits per heavy atom. The molecule has 0 aromatic rings. The number of likely N-dealkylation sites (tertiary alicyclic amines) is 2. The van der Waals surface area contributed by atoms with Crippen molar-refractivity contribution in [2.45, 2.75) is 58.0 Å². The summed E-state index contributed by atoms with van der Waals surface area (Å²) in [4.78, 5) is 16.8. The summed E-state index contributed by atoms with van der Waals surface area (Å²) < 4.78 is 0. The molecule has 2 saturated heterocycles. The van der Waals surface area contributed by atoms with E-state index in [4.69, 9.17) is 0 Å². The van der Waals surface area contributed by atoms with Crippen molar-refractivity contribution >= 4 is 5.91 Å². The zero-order chi connectivity index (χ0) is 13.7. The maximum atomic E-state index is 12.2. The molecule has 0 radical (unpaired) electrons. The first-order chi connectivity index (χ1) is 9.16. The van der Waals surface area contributed by atoms with Crippen molar-refractivity contribution in [3.8, 4) is 0 Å². The SMILES string of the molecule is CC(CN1CCCCC1)NC(C)C(=O)N1CCCC1. The Hall–Kier alpha value is -0.610. The van der Waals surface area contributed by atoms with Crippen molar-refractivity contribution < 1.29 is 4.79 Å². The fourth-order valence-electron chi connectivity index (χ4n) is 3.29. The Morgan fingerprint density at radius 2 is 1.58 bits per heavy atom. The van der Waals surface area contributed by atoms with Gasteiger partial charge in [0.1, 0.15) is 0 Å². The van der Waals surface area contributed by atoms with Crippen LogP contribution in [0.15, 0.2) is 0 Å². The number of carbonyl (C=O) groups excluding carboxylic acids is 1.